The van der Waals surface area contributed by atoms with E-state index in [4.69, 9.17) is 4.74 Å². The lowest BCUT2D eigenvalue weighted by atomic mass is 10.2. The van der Waals surface area contributed by atoms with Crippen molar-refractivity contribution in [3.63, 3.8) is 0 Å². The van der Waals surface area contributed by atoms with Crippen LogP contribution < -0.4 is 10.2 Å². The number of hydrogen-bond donors (Lipinski definition) is 1. The summed E-state index contributed by atoms with van der Waals surface area (Å²) in [6.07, 6.45) is -4.72. The maximum absolute atomic E-state index is 12.0. The van der Waals surface area contributed by atoms with Crippen molar-refractivity contribution in [3.8, 4) is 0 Å². The van der Waals surface area contributed by atoms with Crippen LogP contribution in [0.25, 0.3) is 0 Å². The van der Waals surface area contributed by atoms with E-state index in [0.29, 0.717) is 6.54 Å². The first-order chi connectivity index (χ1) is 9.54. The minimum absolute atomic E-state index is 0.0920. The van der Waals surface area contributed by atoms with Gasteiger partial charge in [0.25, 0.3) is 0 Å². The van der Waals surface area contributed by atoms with Crippen LogP contribution in [-0.2, 0) is 4.74 Å². The SMILES string of the molecule is FC(F)(F)CCCNc1ccc(N2CCOCC2)cc1. The van der Waals surface area contributed by atoms with Crippen LogP contribution in [0.2, 0.25) is 0 Å². The number of nitrogens with one attached hydrogen (secondary N) is 1. The molecule has 0 unspecified atom stereocenters. The summed E-state index contributed by atoms with van der Waals surface area (Å²) in [6.45, 7) is 3.54. The Morgan fingerprint density at radius 3 is 2.35 bits per heavy atom. The molecule has 0 saturated carbocycles. The number of halogens is 3. The molecule has 1 aliphatic heterocycles. The van der Waals surface area contributed by atoms with Gasteiger partial charge in [0, 0.05) is 37.4 Å². The molecule has 3 nitrogen and oxygen atoms in total. The monoisotopic (exact) mass is 288 g/mol. The minimum Gasteiger partial charge on any atom is -0.385 e. The number of benzene rings is 1. The van der Waals surface area contributed by atoms with Gasteiger partial charge in [-0.2, -0.15) is 13.2 Å². The van der Waals surface area contributed by atoms with Crippen LogP contribution in [0.1, 0.15) is 12.8 Å². The summed E-state index contributed by atoms with van der Waals surface area (Å²) in [5.41, 5.74) is 1.97. The zero-order valence-electron chi connectivity index (χ0n) is 11.2. The van der Waals surface area contributed by atoms with Crippen LogP contribution in [0.15, 0.2) is 24.3 Å². The molecule has 1 aromatic rings. The fraction of sp³-hybridized carbons (Fsp3) is 0.571. The van der Waals surface area contributed by atoms with Gasteiger partial charge in [0.15, 0.2) is 0 Å². The highest BCUT2D eigenvalue weighted by Crippen LogP contribution is 2.22. The van der Waals surface area contributed by atoms with Gasteiger partial charge in [-0.3, -0.25) is 0 Å². The fourth-order valence-electron chi connectivity index (χ4n) is 2.13. The molecule has 0 bridgehead atoms. The minimum atomic E-state index is -4.07. The molecule has 0 radical (unpaired) electrons. The molecular formula is C14H19F3N2O. The smallest absolute Gasteiger partial charge is 0.385 e. The Kier molecular flexibility index (Phi) is 5.11. The molecule has 6 heteroatoms. The van der Waals surface area contributed by atoms with E-state index < -0.39 is 12.6 Å². The predicted octanol–water partition coefficient (Wildman–Crippen LogP) is 3.28. The first-order valence-corrected chi connectivity index (χ1v) is 6.78. The molecule has 0 atom stereocenters. The largest absolute Gasteiger partial charge is 0.389 e. The molecule has 20 heavy (non-hydrogen) atoms. The fourth-order valence-corrected chi connectivity index (χ4v) is 2.13. The number of alkyl halides is 3. The average Bonchev–Trinajstić information content (AvgIpc) is 2.44. The van der Waals surface area contributed by atoms with Crippen molar-refractivity contribution in [1.29, 1.82) is 0 Å². The van der Waals surface area contributed by atoms with Crippen LogP contribution in [0, 0.1) is 0 Å². The molecule has 1 heterocycles. The Balaban J connectivity index is 1.76. The van der Waals surface area contributed by atoms with E-state index in [1.165, 1.54) is 0 Å². The van der Waals surface area contributed by atoms with Crippen LogP contribution in [0.4, 0.5) is 24.5 Å². The van der Waals surface area contributed by atoms with E-state index in [2.05, 4.69) is 10.2 Å². The summed E-state index contributed by atoms with van der Waals surface area (Å²) in [7, 11) is 0. The normalized spacial score (nSPS) is 16.2. The maximum atomic E-state index is 12.0. The van der Waals surface area contributed by atoms with Crippen molar-refractivity contribution >= 4 is 11.4 Å². The van der Waals surface area contributed by atoms with Crippen molar-refractivity contribution in [2.24, 2.45) is 0 Å². The Bertz CT molecular complexity index is 400. The molecule has 0 aromatic heterocycles. The number of ether oxygens (including phenoxy) is 1. The van der Waals surface area contributed by atoms with Crippen molar-refractivity contribution < 1.29 is 17.9 Å². The summed E-state index contributed by atoms with van der Waals surface area (Å²) < 4.78 is 41.3. The summed E-state index contributed by atoms with van der Waals surface area (Å²) in [6, 6.07) is 7.77. The zero-order chi connectivity index (χ0) is 14.4. The van der Waals surface area contributed by atoms with Crippen molar-refractivity contribution in [2.75, 3.05) is 43.1 Å². The third-order valence-corrected chi connectivity index (χ3v) is 3.21. The van der Waals surface area contributed by atoms with Gasteiger partial charge >= 0.3 is 6.18 Å². The quantitative estimate of drug-likeness (QED) is 0.842. The van der Waals surface area contributed by atoms with Crippen LogP contribution in [-0.4, -0.2) is 39.0 Å². The third kappa shape index (κ3) is 4.92. The number of morpholine rings is 1. The van der Waals surface area contributed by atoms with E-state index in [0.717, 1.165) is 37.7 Å². The maximum Gasteiger partial charge on any atom is 0.389 e. The summed E-state index contributed by atoms with van der Waals surface area (Å²) in [5.74, 6) is 0. The first kappa shape index (κ1) is 15.0. The second kappa shape index (κ2) is 6.83. The van der Waals surface area contributed by atoms with Crippen LogP contribution in [0.5, 0.6) is 0 Å². The first-order valence-electron chi connectivity index (χ1n) is 6.78. The van der Waals surface area contributed by atoms with Crippen molar-refractivity contribution in [3.05, 3.63) is 24.3 Å². The molecule has 0 spiro atoms. The van der Waals surface area contributed by atoms with Gasteiger partial charge in [-0.25, -0.2) is 0 Å². The molecule has 1 N–H and O–H groups in total. The molecule has 1 aliphatic rings. The standard InChI is InChI=1S/C14H19F3N2O/c15-14(16,17)6-1-7-18-12-2-4-13(5-3-12)19-8-10-20-11-9-19/h2-5,18H,1,6-11H2. The molecule has 1 saturated heterocycles. The van der Waals surface area contributed by atoms with Gasteiger partial charge < -0.3 is 15.0 Å². The van der Waals surface area contributed by atoms with E-state index in [1.807, 2.05) is 24.3 Å². The van der Waals surface area contributed by atoms with Crippen molar-refractivity contribution in [2.45, 2.75) is 19.0 Å². The average molecular weight is 288 g/mol. The van der Waals surface area contributed by atoms with E-state index in [9.17, 15) is 13.2 Å². The molecular weight excluding hydrogens is 269 g/mol. The summed E-state index contributed by atoms with van der Waals surface area (Å²) in [4.78, 5) is 2.23. The van der Waals surface area contributed by atoms with Gasteiger partial charge in [-0.1, -0.05) is 0 Å². The molecule has 1 fully saturated rings. The Hall–Kier alpha value is -1.43. The number of hydrogen-bond acceptors (Lipinski definition) is 3. The van der Waals surface area contributed by atoms with Crippen LogP contribution >= 0.6 is 0 Å². The van der Waals surface area contributed by atoms with E-state index >= 15 is 0 Å². The highest BCUT2D eigenvalue weighted by Gasteiger charge is 2.25. The topological polar surface area (TPSA) is 24.5 Å². The van der Waals surface area contributed by atoms with Crippen LogP contribution in [0.3, 0.4) is 0 Å². The molecule has 1 aromatic carbocycles. The number of rotatable bonds is 5. The third-order valence-electron chi connectivity index (χ3n) is 3.21. The van der Waals surface area contributed by atoms with Crippen molar-refractivity contribution in [1.82, 2.24) is 0 Å². The second-order valence-electron chi connectivity index (χ2n) is 4.79. The zero-order valence-corrected chi connectivity index (χ0v) is 11.2. The van der Waals surface area contributed by atoms with E-state index in [1.54, 1.807) is 0 Å². The number of nitrogens with zero attached hydrogens (tertiary/aromatic N) is 1. The number of anilines is 2. The Labute approximate surface area is 116 Å². The summed E-state index contributed by atoms with van der Waals surface area (Å²) >= 11 is 0. The lowest BCUT2D eigenvalue weighted by molar-refractivity contribution is -0.134. The molecule has 2 rings (SSSR count). The van der Waals surface area contributed by atoms with E-state index in [-0.39, 0.29) is 6.42 Å². The Morgan fingerprint density at radius 1 is 1.10 bits per heavy atom. The van der Waals surface area contributed by atoms with Gasteiger partial charge in [0.05, 0.1) is 13.2 Å². The molecule has 112 valence electrons. The summed E-state index contributed by atoms with van der Waals surface area (Å²) in [5, 5.41) is 3.00. The van der Waals surface area contributed by atoms with Gasteiger partial charge in [-0.15, -0.1) is 0 Å². The van der Waals surface area contributed by atoms with Gasteiger partial charge in [0.2, 0.25) is 0 Å². The highest BCUT2D eigenvalue weighted by molar-refractivity contribution is 5.55. The van der Waals surface area contributed by atoms with Gasteiger partial charge in [0.1, 0.15) is 0 Å². The predicted molar refractivity (Wildman–Crippen MR) is 73.3 cm³/mol. The lowest BCUT2D eigenvalue weighted by Crippen LogP contribution is -2.36. The second-order valence-corrected chi connectivity index (χ2v) is 4.79. The highest BCUT2D eigenvalue weighted by atomic mass is 19.4. The molecule has 0 aliphatic carbocycles. The Morgan fingerprint density at radius 2 is 1.75 bits per heavy atom. The lowest BCUT2D eigenvalue weighted by Gasteiger charge is -2.28. The molecule has 0 amide bonds. The van der Waals surface area contributed by atoms with Gasteiger partial charge in [-0.05, 0) is 30.7 Å².